The quantitative estimate of drug-likeness (QED) is 0.399. The van der Waals surface area contributed by atoms with Crippen LogP contribution in [0.4, 0.5) is 0 Å². The van der Waals surface area contributed by atoms with Crippen molar-refractivity contribution < 1.29 is 14.3 Å². The first kappa shape index (κ1) is 16.2. The summed E-state index contributed by atoms with van der Waals surface area (Å²) in [5, 5.41) is 6.40. The third-order valence-electron chi connectivity index (χ3n) is 4.51. The molecule has 2 aromatic carbocycles. The molecular weight excluding hydrogens is 412 g/mol. The molecule has 0 aliphatic carbocycles. The van der Waals surface area contributed by atoms with Crippen LogP contribution < -0.4 is 4.74 Å². The predicted molar refractivity (Wildman–Crippen MR) is 101 cm³/mol. The molecule has 0 saturated carbocycles. The van der Waals surface area contributed by atoms with E-state index in [9.17, 15) is 4.79 Å². The van der Waals surface area contributed by atoms with Crippen LogP contribution in [0.25, 0.3) is 16.4 Å². The fourth-order valence-electron chi connectivity index (χ4n) is 3.32. The highest BCUT2D eigenvalue weighted by atomic mass is 79.9. The normalized spacial score (nSPS) is 12.5. The summed E-state index contributed by atoms with van der Waals surface area (Å²) in [4.78, 5) is 20.7. The number of benzene rings is 2. The van der Waals surface area contributed by atoms with Gasteiger partial charge in [0.15, 0.2) is 5.65 Å². The zero-order valence-corrected chi connectivity index (χ0v) is 15.9. The Morgan fingerprint density at radius 2 is 2.19 bits per heavy atom. The molecule has 4 aromatic rings. The lowest BCUT2D eigenvalue weighted by atomic mass is 9.96. The van der Waals surface area contributed by atoms with Crippen LogP contribution in [-0.2, 0) is 11.2 Å². The summed E-state index contributed by atoms with van der Waals surface area (Å²) < 4.78 is 13.5. The van der Waals surface area contributed by atoms with Gasteiger partial charge < -0.3 is 9.47 Å². The summed E-state index contributed by atoms with van der Waals surface area (Å²) in [7, 11) is 0. The van der Waals surface area contributed by atoms with Gasteiger partial charge in [-0.15, -0.1) is 5.10 Å². The van der Waals surface area contributed by atoms with Crippen LogP contribution in [0.15, 0.2) is 41.1 Å². The molecule has 8 heteroatoms. The van der Waals surface area contributed by atoms with Crippen molar-refractivity contribution in [2.75, 3.05) is 6.61 Å². The van der Waals surface area contributed by atoms with Crippen molar-refractivity contribution in [1.82, 2.24) is 19.6 Å². The Balaban J connectivity index is 1.66. The molecule has 0 N–H and O–H groups in total. The van der Waals surface area contributed by atoms with E-state index in [4.69, 9.17) is 9.47 Å². The van der Waals surface area contributed by atoms with Gasteiger partial charge in [0.25, 0.3) is 5.82 Å². The molecular formula is C19H13BrN4O3. The van der Waals surface area contributed by atoms with Crippen molar-refractivity contribution in [3.8, 4) is 11.6 Å². The molecule has 1 aliphatic heterocycles. The van der Waals surface area contributed by atoms with Crippen LogP contribution >= 0.6 is 15.9 Å². The van der Waals surface area contributed by atoms with E-state index >= 15 is 0 Å². The van der Waals surface area contributed by atoms with Crippen molar-refractivity contribution in [1.29, 1.82) is 0 Å². The monoisotopic (exact) mass is 424 g/mol. The summed E-state index contributed by atoms with van der Waals surface area (Å²) in [6.07, 6.45) is 2.08. The third kappa shape index (κ3) is 2.56. The molecule has 0 amide bonds. The van der Waals surface area contributed by atoms with Gasteiger partial charge in [0.1, 0.15) is 12.1 Å². The van der Waals surface area contributed by atoms with Crippen molar-refractivity contribution in [3.05, 3.63) is 58.1 Å². The van der Waals surface area contributed by atoms with Crippen molar-refractivity contribution in [2.24, 2.45) is 0 Å². The van der Waals surface area contributed by atoms with Gasteiger partial charge >= 0.3 is 5.97 Å². The molecule has 3 heterocycles. The SMILES string of the molecule is CCOC(=O)c1nc2c3c(ncn2n1)Oc1ccc2cc(Br)ccc2c1C3. The molecule has 0 unspecified atom stereocenters. The minimum atomic E-state index is -0.553. The third-order valence-corrected chi connectivity index (χ3v) is 5.01. The molecule has 0 radical (unpaired) electrons. The van der Waals surface area contributed by atoms with Gasteiger partial charge in [0.05, 0.1) is 12.2 Å². The summed E-state index contributed by atoms with van der Waals surface area (Å²) in [5.41, 5.74) is 2.40. The average molecular weight is 425 g/mol. The predicted octanol–water partition coefficient (Wildman–Crippen LogP) is 3.91. The fraction of sp³-hybridized carbons (Fsp3) is 0.158. The maximum atomic E-state index is 12.0. The average Bonchev–Trinajstić information content (AvgIpc) is 3.11. The Hall–Kier alpha value is -3.00. The summed E-state index contributed by atoms with van der Waals surface area (Å²) in [6.45, 7) is 2.01. The van der Waals surface area contributed by atoms with E-state index < -0.39 is 5.97 Å². The van der Waals surface area contributed by atoms with E-state index in [1.165, 1.54) is 10.8 Å². The standard InChI is InChI=1S/C19H13BrN4O3/c1-2-26-19(25)16-22-17-14-8-13-12-5-4-11(20)7-10(12)3-6-15(13)27-18(14)21-9-24(17)23-16/h3-7,9H,2,8H2,1H3. The number of ether oxygens (including phenoxy) is 2. The van der Waals surface area contributed by atoms with Crippen molar-refractivity contribution >= 4 is 38.3 Å². The Labute approximate surface area is 162 Å². The molecule has 0 spiro atoms. The molecule has 2 aromatic heterocycles. The van der Waals surface area contributed by atoms with Gasteiger partial charge in [-0.3, -0.25) is 0 Å². The summed E-state index contributed by atoms with van der Waals surface area (Å²) in [6, 6.07) is 10.1. The van der Waals surface area contributed by atoms with Gasteiger partial charge in [-0.25, -0.2) is 19.3 Å². The highest BCUT2D eigenvalue weighted by molar-refractivity contribution is 9.10. The highest BCUT2D eigenvalue weighted by Crippen LogP contribution is 2.40. The lowest BCUT2D eigenvalue weighted by Crippen LogP contribution is -2.08. The zero-order chi connectivity index (χ0) is 18.5. The molecule has 5 rings (SSSR count). The first-order chi connectivity index (χ1) is 13.1. The van der Waals surface area contributed by atoms with Crippen LogP contribution in [0.2, 0.25) is 0 Å². The Kier molecular flexibility index (Phi) is 3.61. The van der Waals surface area contributed by atoms with Gasteiger partial charge in [0.2, 0.25) is 5.88 Å². The Morgan fingerprint density at radius 3 is 3.04 bits per heavy atom. The van der Waals surface area contributed by atoms with Crippen molar-refractivity contribution in [2.45, 2.75) is 13.3 Å². The second-order valence-electron chi connectivity index (χ2n) is 6.14. The van der Waals surface area contributed by atoms with Crippen LogP contribution in [0.5, 0.6) is 11.6 Å². The Bertz CT molecular complexity index is 1230. The number of aromatic nitrogens is 4. The smallest absolute Gasteiger partial charge is 0.378 e. The van der Waals surface area contributed by atoms with E-state index in [-0.39, 0.29) is 12.4 Å². The number of nitrogens with zero attached hydrogens (tertiary/aromatic N) is 4. The van der Waals surface area contributed by atoms with Crippen molar-refractivity contribution in [3.63, 3.8) is 0 Å². The minimum absolute atomic E-state index is 0.0136. The van der Waals surface area contributed by atoms with Crippen LogP contribution in [0, 0.1) is 0 Å². The molecule has 0 atom stereocenters. The van der Waals surface area contributed by atoms with E-state index in [1.807, 2.05) is 18.2 Å². The molecule has 1 aliphatic rings. The topological polar surface area (TPSA) is 78.6 Å². The lowest BCUT2D eigenvalue weighted by Gasteiger charge is -2.20. The first-order valence-electron chi connectivity index (χ1n) is 8.44. The lowest BCUT2D eigenvalue weighted by molar-refractivity contribution is 0.0512. The van der Waals surface area contributed by atoms with Crippen LogP contribution in [0.3, 0.4) is 0 Å². The maximum Gasteiger partial charge on any atom is 0.378 e. The van der Waals surface area contributed by atoms with Gasteiger partial charge in [-0.05, 0) is 35.9 Å². The van der Waals surface area contributed by atoms with Gasteiger partial charge in [-0.1, -0.05) is 28.1 Å². The number of hydrogen-bond donors (Lipinski definition) is 0. The van der Waals surface area contributed by atoms with Crippen LogP contribution in [0.1, 0.15) is 28.7 Å². The van der Waals surface area contributed by atoms with E-state index in [0.29, 0.717) is 17.9 Å². The highest BCUT2D eigenvalue weighted by Gasteiger charge is 2.25. The van der Waals surface area contributed by atoms with Gasteiger partial charge in [-0.2, -0.15) is 0 Å². The number of rotatable bonds is 2. The molecule has 27 heavy (non-hydrogen) atoms. The van der Waals surface area contributed by atoms with E-state index in [0.717, 1.165) is 32.1 Å². The maximum absolute atomic E-state index is 12.0. The van der Waals surface area contributed by atoms with E-state index in [1.54, 1.807) is 6.92 Å². The minimum Gasteiger partial charge on any atom is -0.460 e. The number of fused-ring (bicyclic) bond motifs is 6. The van der Waals surface area contributed by atoms with Gasteiger partial charge in [0, 0.05) is 16.5 Å². The number of carbonyl (C=O) groups is 1. The zero-order valence-electron chi connectivity index (χ0n) is 14.3. The second-order valence-corrected chi connectivity index (χ2v) is 7.05. The molecule has 0 bridgehead atoms. The first-order valence-corrected chi connectivity index (χ1v) is 9.23. The van der Waals surface area contributed by atoms with Crippen LogP contribution in [-0.4, -0.2) is 32.2 Å². The summed E-state index contributed by atoms with van der Waals surface area (Å²) >= 11 is 3.51. The number of esters is 1. The number of carbonyl (C=O) groups excluding carboxylic acids is 1. The Morgan fingerprint density at radius 1 is 1.30 bits per heavy atom. The fourth-order valence-corrected chi connectivity index (χ4v) is 3.70. The summed E-state index contributed by atoms with van der Waals surface area (Å²) in [5.74, 6) is 0.718. The molecule has 134 valence electrons. The van der Waals surface area contributed by atoms with E-state index in [2.05, 4.69) is 43.1 Å². The molecule has 0 saturated heterocycles. The number of hydrogen-bond acceptors (Lipinski definition) is 6. The molecule has 0 fully saturated rings. The second kappa shape index (κ2) is 6.02. The molecule has 7 nitrogen and oxygen atoms in total. The number of halogens is 1. The largest absolute Gasteiger partial charge is 0.460 e.